The SMILES string of the molecule is CCC(C)Nc1ccc2oc(C3CC3)nc2c1. The Morgan fingerprint density at radius 1 is 1.47 bits per heavy atom. The number of oxazole rings is 1. The third-order valence-electron chi connectivity index (χ3n) is 3.36. The summed E-state index contributed by atoms with van der Waals surface area (Å²) in [5, 5.41) is 3.46. The number of fused-ring (bicyclic) bond motifs is 1. The second-order valence-electron chi connectivity index (χ2n) is 4.96. The zero-order chi connectivity index (χ0) is 11.8. The molecule has 1 aromatic heterocycles. The van der Waals surface area contributed by atoms with E-state index in [-0.39, 0.29) is 0 Å². The lowest BCUT2D eigenvalue weighted by Crippen LogP contribution is -2.12. The minimum Gasteiger partial charge on any atom is -0.440 e. The first-order valence-corrected chi connectivity index (χ1v) is 6.43. The zero-order valence-corrected chi connectivity index (χ0v) is 10.4. The van der Waals surface area contributed by atoms with Crippen LogP contribution in [0.1, 0.15) is 44.9 Å². The van der Waals surface area contributed by atoms with Crippen LogP contribution in [0.4, 0.5) is 5.69 Å². The molecule has 1 saturated carbocycles. The van der Waals surface area contributed by atoms with Gasteiger partial charge in [-0.05, 0) is 44.4 Å². The predicted octanol–water partition coefficient (Wildman–Crippen LogP) is 3.92. The number of hydrogen-bond donors (Lipinski definition) is 1. The Morgan fingerprint density at radius 3 is 3.00 bits per heavy atom. The highest BCUT2D eigenvalue weighted by atomic mass is 16.3. The van der Waals surface area contributed by atoms with Crippen molar-refractivity contribution in [1.82, 2.24) is 4.98 Å². The Kier molecular flexibility index (Phi) is 2.54. The minimum absolute atomic E-state index is 0.488. The van der Waals surface area contributed by atoms with Gasteiger partial charge in [-0.25, -0.2) is 4.98 Å². The fourth-order valence-corrected chi connectivity index (χ4v) is 1.93. The maximum atomic E-state index is 5.74. The second kappa shape index (κ2) is 4.06. The highest BCUT2D eigenvalue weighted by Gasteiger charge is 2.28. The molecule has 1 heterocycles. The first-order chi connectivity index (χ1) is 8.26. The number of hydrogen-bond acceptors (Lipinski definition) is 3. The van der Waals surface area contributed by atoms with Crippen molar-refractivity contribution in [2.45, 2.75) is 45.1 Å². The van der Waals surface area contributed by atoms with Crippen molar-refractivity contribution in [1.29, 1.82) is 0 Å². The summed E-state index contributed by atoms with van der Waals surface area (Å²) < 4.78 is 5.74. The predicted molar refractivity (Wildman–Crippen MR) is 69.4 cm³/mol. The fraction of sp³-hybridized carbons (Fsp3) is 0.500. The number of anilines is 1. The van der Waals surface area contributed by atoms with E-state index in [1.54, 1.807) is 0 Å². The van der Waals surface area contributed by atoms with Gasteiger partial charge >= 0.3 is 0 Å². The summed E-state index contributed by atoms with van der Waals surface area (Å²) in [5.74, 6) is 1.49. The van der Waals surface area contributed by atoms with Crippen LogP contribution < -0.4 is 5.32 Å². The van der Waals surface area contributed by atoms with Crippen molar-refractivity contribution in [2.75, 3.05) is 5.32 Å². The Labute approximate surface area is 101 Å². The molecule has 0 spiro atoms. The van der Waals surface area contributed by atoms with Gasteiger partial charge in [0, 0.05) is 17.6 Å². The Hall–Kier alpha value is -1.51. The van der Waals surface area contributed by atoms with Gasteiger partial charge in [0.2, 0.25) is 0 Å². The van der Waals surface area contributed by atoms with Crippen molar-refractivity contribution in [2.24, 2.45) is 0 Å². The average molecular weight is 230 g/mol. The number of nitrogens with one attached hydrogen (secondary N) is 1. The molecule has 1 aliphatic rings. The van der Waals surface area contributed by atoms with Crippen molar-refractivity contribution >= 4 is 16.8 Å². The molecule has 0 aliphatic heterocycles. The van der Waals surface area contributed by atoms with Crippen LogP contribution in [0.3, 0.4) is 0 Å². The first kappa shape index (κ1) is 10.6. The molecular formula is C14H18N2O. The molecule has 1 atom stereocenters. The van der Waals surface area contributed by atoms with Gasteiger partial charge in [-0.15, -0.1) is 0 Å². The highest BCUT2D eigenvalue weighted by Crippen LogP contribution is 2.40. The van der Waals surface area contributed by atoms with Gasteiger partial charge in [0.25, 0.3) is 0 Å². The largest absolute Gasteiger partial charge is 0.440 e. The third-order valence-corrected chi connectivity index (χ3v) is 3.36. The van der Waals surface area contributed by atoms with Crippen LogP contribution in [-0.2, 0) is 0 Å². The smallest absolute Gasteiger partial charge is 0.198 e. The molecule has 0 radical (unpaired) electrons. The van der Waals surface area contributed by atoms with E-state index in [0.717, 1.165) is 29.1 Å². The highest BCUT2D eigenvalue weighted by molar-refractivity contribution is 5.77. The quantitative estimate of drug-likeness (QED) is 0.865. The molecule has 0 bridgehead atoms. The van der Waals surface area contributed by atoms with Gasteiger partial charge in [0.15, 0.2) is 11.5 Å². The average Bonchev–Trinajstić information content (AvgIpc) is 3.09. The molecule has 0 saturated heterocycles. The maximum Gasteiger partial charge on any atom is 0.198 e. The van der Waals surface area contributed by atoms with Gasteiger partial charge in [-0.1, -0.05) is 6.92 Å². The summed E-state index contributed by atoms with van der Waals surface area (Å²) in [6.07, 6.45) is 3.57. The molecule has 1 unspecified atom stereocenters. The maximum absolute atomic E-state index is 5.74. The van der Waals surface area contributed by atoms with Crippen LogP contribution in [0.15, 0.2) is 22.6 Å². The van der Waals surface area contributed by atoms with Crippen molar-refractivity contribution in [3.8, 4) is 0 Å². The van der Waals surface area contributed by atoms with Crippen LogP contribution >= 0.6 is 0 Å². The van der Waals surface area contributed by atoms with Gasteiger partial charge in [0.05, 0.1) is 0 Å². The van der Waals surface area contributed by atoms with Crippen molar-refractivity contribution < 1.29 is 4.42 Å². The van der Waals surface area contributed by atoms with Crippen LogP contribution in [0.2, 0.25) is 0 Å². The molecule has 1 fully saturated rings. The summed E-state index contributed by atoms with van der Waals surface area (Å²) in [6, 6.07) is 6.65. The van der Waals surface area contributed by atoms with Crippen LogP contribution in [-0.4, -0.2) is 11.0 Å². The van der Waals surface area contributed by atoms with Crippen molar-refractivity contribution in [3.63, 3.8) is 0 Å². The van der Waals surface area contributed by atoms with Gasteiger partial charge in [0.1, 0.15) is 5.52 Å². The molecule has 3 heteroatoms. The fourth-order valence-electron chi connectivity index (χ4n) is 1.93. The van der Waals surface area contributed by atoms with Crippen molar-refractivity contribution in [3.05, 3.63) is 24.1 Å². The summed E-state index contributed by atoms with van der Waals surface area (Å²) in [4.78, 5) is 4.56. The molecule has 1 N–H and O–H groups in total. The number of benzene rings is 1. The summed E-state index contributed by atoms with van der Waals surface area (Å²) in [5.41, 5.74) is 3.00. The number of rotatable bonds is 4. The number of nitrogens with zero attached hydrogens (tertiary/aromatic N) is 1. The summed E-state index contributed by atoms with van der Waals surface area (Å²) in [6.45, 7) is 4.36. The lowest BCUT2D eigenvalue weighted by Gasteiger charge is -2.12. The van der Waals surface area contributed by atoms with Crippen LogP contribution in [0.5, 0.6) is 0 Å². The lowest BCUT2D eigenvalue weighted by molar-refractivity contribution is 0.533. The van der Waals surface area contributed by atoms with E-state index in [1.165, 1.54) is 12.8 Å². The van der Waals surface area contributed by atoms with Gasteiger partial charge < -0.3 is 9.73 Å². The van der Waals surface area contributed by atoms with E-state index < -0.39 is 0 Å². The van der Waals surface area contributed by atoms with Gasteiger partial charge in [-0.2, -0.15) is 0 Å². The van der Waals surface area contributed by atoms with E-state index in [2.05, 4.69) is 36.3 Å². The zero-order valence-electron chi connectivity index (χ0n) is 10.4. The van der Waals surface area contributed by atoms with Crippen LogP contribution in [0, 0.1) is 0 Å². The first-order valence-electron chi connectivity index (χ1n) is 6.43. The summed E-state index contributed by atoms with van der Waals surface area (Å²) in [7, 11) is 0. The van der Waals surface area contributed by atoms with E-state index in [1.807, 2.05) is 6.07 Å². The molecule has 3 nitrogen and oxygen atoms in total. The number of aromatic nitrogens is 1. The Bertz CT molecular complexity index is 528. The normalized spacial score (nSPS) is 17.3. The molecule has 90 valence electrons. The Balaban J connectivity index is 1.89. The lowest BCUT2D eigenvalue weighted by atomic mass is 10.2. The molecule has 3 rings (SSSR count). The summed E-state index contributed by atoms with van der Waals surface area (Å²) >= 11 is 0. The molecule has 1 aliphatic carbocycles. The monoisotopic (exact) mass is 230 g/mol. The molecule has 17 heavy (non-hydrogen) atoms. The van der Waals surface area contributed by atoms with E-state index in [0.29, 0.717) is 12.0 Å². The minimum atomic E-state index is 0.488. The van der Waals surface area contributed by atoms with Crippen LogP contribution in [0.25, 0.3) is 11.1 Å². The standard InChI is InChI=1S/C14H18N2O/c1-3-9(2)15-11-6-7-13-12(8-11)16-14(17-13)10-4-5-10/h6-10,15H,3-5H2,1-2H3. The molecule has 2 aromatic rings. The third kappa shape index (κ3) is 2.14. The topological polar surface area (TPSA) is 38.1 Å². The molecular weight excluding hydrogens is 212 g/mol. The Morgan fingerprint density at radius 2 is 2.29 bits per heavy atom. The van der Waals surface area contributed by atoms with E-state index in [4.69, 9.17) is 4.42 Å². The molecule has 1 aromatic carbocycles. The van der Waals surface area contributed by atoms with Gasteiger partial charge in [-0.3, -0.25) is 0 Å². The van der Waals surface area contributed by atoms with E-state index >= 15 is 0 Å². The molecule has 0 amide bonds. The van der Waals surface area contributed by atoms with E-state index in [9.17, 15) is 0 Å². The second-order valence-corrected chi connectivity index (χ2v) is 4.96.